The van der Waals surface area contributed by atoms with Crippen LogP contribution in [0.3, 0.4) is 0 Å². The molecule has 0 bridgehead atoms. The number of benzene rings is 1. The average molecular weight is 314 g/mol. The first-order valence-corrected chi connectivity index (χ1v) is 7.13. The Bertz CT molecular complexity index is 671. The molecule has 0 fully saturated rings. The smallest absolute Gasteiger partial charge is 0.313 e. The number of carboxylic acids is 1. The van der Waals surface area contributed by atoms with Crippen molar-refractivity contribution in [2.24, 2.45) is 5.73 Å². The maximum atomic E-state index is 10.9. The summed E-state index contributed by atoms with van der Waals surface area (Å²) in [6.45, 7) is 0.341. The van der Waals surface area contributed by atoms with Crippen molar-refractivity contribution in [1.82, 2.24) is 9.55 Å². The zero-order chi connectivity index (χ0) is 14.7. The van der Waals surface area contributed by atoms with Gasteiger partial charge in [-0.05, 0) is 12.1 Å². The maximum Gasteiger partial charge on any atom is 0.313 e. The highest BCUT2D eigenvalue weighted by atomic mass is 35.5. The lowest BCUT2D eigenvalue weighted by atomic mass is 10.3. The van der Waals surface area contributed by atoms with E-state index in [0.29, 0.717) is 22.2 Å². The van der Waals surface area contributed by atoms with E-state index >= 15 is 0 Å². The Kier molecular flexibility index (Phi) is 4.51. The number of carbonyl (C=O) groups excluding carboxylic acids is 1. The lowest BCUT2D eigenvalue weighted by molar-refractivity contribution is -0.134. The molecule has 0 atom stereocenters. The van der Waals surface area contributed by atoms with Gasteiger partial charge in [0.05, 0.1) is 16.3 Å². The summed E-state index contributed by atoms with van der Waals surface area (Å²) in [5.74, 6) is -1.48. The Labute approximate surface area is 123 Å². The number of carbonyl (C=O) groups is 2. The number of nitrogens with two attached hydrogens (primary N) is 1. The predicted octanol–water partition coefficient (Wildman–Crippen LogP) is 1.74. The Morgan fingerprint density at radius 2 is 2.20 bits per heavy atom. The molecule has 0 saturated heterocycles. The van der Waals surface area contributed by atoms with Crippen LogP contribution >= 0.6 is 23.4 Å². The van der Waals surface area contributed by atoms with Gasteiger partial charge in [-0.15, -0.1) is 0 Å². The van der Waals surface area contributed by atoms with Crippen LogP contribution in [-0.4, -0.2) is 32.3 Å². The molecule has 2 rings (SSSR count). The Balaban J connectivity index is 2.42. The lowest BCUT2D eigenvalue weighted by Gasteiger charge is -2.06. The first-order chi connectivity index (χ1) is 9.49. The molecule has 0 aliphatic heterocycles. The number of thioether (sulfide) groups is 1. The van der Waals surface area contributed by atoms with Crippen molar-refractivity contribution < 1.29 is 14.7 Å². The second-order valence-corrected chi connectivity index (χ2v) is 5.40. The van der Waals surface area contributed by atoms with Crippen LogP contribution in [0.5, 0.6) is 0 Å². The molecule has 2 aromatic rings. The van der Waals surface area contributed by atoms with E-state index in [2.05, 4.69) is 4.98 Å². The number of aliphatic carboxylic acids is 1. The standard InChI is InChI=1S/C12H12ClN3O3S/c13-7-2-1-3-8-11(7)15-12(20-6-10(18)19)16(8)5-4-9(14)17/h1-3H,4-6H2,(H2,14,17)(H,18,19). The Morgan fingerprint density at radius 1 is 1.45 bits per heavy atom. The summed E-state index contributed by atoms with van der Waals surface area (Å²) in [6.07, 6.45) is 0.151. The van der Waals surface area contributed by atoms with Gasteiger partial charge in [-0.25, -0.2) is 4.98 Å². The molecule has 20 heavy (non-hydrogen) atoms. The Morgan fingerprint density at radius 3 is 2.85 bits per heavy atom. The Hall–Kier alpha value is -1.73. The summed E-state index contributed by atoms with van der Waals surface area (Å²) in [7, 11) is 0. The number of rotatable bonds is 6. The first kappa shape index (κ1) is 14.7. The van der Waals surface area contributed by atoms with Crippen molar-refractivity contribution in [2.75, 3.05) is 5.75 Å². The highest BCUT2D eigenvalue weighted by Gasteiger charge is 2.15. The topological polar surface area (TPSA) is 98.2 Å². The molecule has 0 aliphatic carbocycles. The number of hydrogen-bond donors (Lipinski definition) is 2. The van der Waals surface area contributed by atoms with Gasteiger partial charge in [0.25, 0.3) is 0 Å². The number of aromatic nitrogens is 2. The molecule has 1 aromatic heterocycles. The maximum absolute atomic E-state index is 10.9. The van der Waals surface area contributed by atoms with Crippen molar-refractivity contribution in [3.8, 4) is 0 Å². The van der Waals surface area contributed by atoms with Gasteiger partial charge in [0.2, 0.25) is 5.91 Å². The quantitative estimate of drug-likeness (QED) is 0.792. The summed E-state index contributed by atoms with van der Waals surface area (Å²) in [4.78, 5) is 26.0. The number of carboxylic acid groups (broad SMARTS) is 1. The van der Waals surface area contributed by atoms with Crippen molar-refractivity contribution in [2.45, 2.75) is 18.1 Å². The highest BCUT2D eigenvalue weighted by molar-refractivity contribution is 7.99. The van der Waals surface area contributed by atoms with Crippen LogP contribution < -0.4 is 5.73 Å². The van der Waals surface area contributed by atoms with Gasteiger partial charge in [-0.1, -0.05) is 29.4 Å². The average Bonchev–Trinajstić information content (AvgIpc) is 2.73. The predicted molar refractivity (Wildman–Crippen MR) is 76.9 cm³/mol. The van der Waals surface area contributed by atoms with E-state index in [1.54, 1.807) is 16.7 Å². The number of primary amides is 1. The van der Waals surface area contributed by atoms with Gasteiger partial charge in [0.1, 0.15) is 5.52 Å². The normalized spacial score (nSPS) is 10.8. The molecule has 0 unspecified atom stereocenters. The fourth-order valence-electron chi connectivity index (χ4n) is 1.77. The minimum atomic E-state index is -0.936. The molecular weight excluding hydrogens is 302 g/mol. The molecule has 0 spiro atoms. The summed E-state index contributed by atoms with van der Waals surface area (Å²) < 4.78 is 1.76. The molecule has 1 aromatic carbocycles. The number of halogens is 1. The summed E-state index contributed by atoms with van der Waals surface area (Å²) >= 11 is 7.16. The number of para-hydroxylation sites is 1. The van der Waals surface area contributed by atoms with E-state index in [1.165, 1.54) is 0 Å². The van der Waals surface area contributed by atoms with Crippen molar-refractivity contribution in [3.05, 3.63) is 23.2 Å². The van der Waals surface area contributed by atoms with Crippen LogP contribution in [0.4, 0.5) is 0 Å². The third-order valence-electron chi connectivity index (χ3n) is 2.60. The monoisotopic (exact) mass is 313 g/mol. The van der Waals surface area contributed by atoms with E-state index in [1.807, 2.05) is 6.07 Å². The fraction of sp³-hybridized carbons (Fsp3) is 0.250. The van der Waals surface area contributed by atoms with Gasteiger partial charge in [0, 0.05) is 13.0 Å². The second kappa shape index (κ2) is 6.15. The molecule has 1 heterocycles. The molecule has 3 N–H and O–H groups in total. The molecule has 1 amide bonds. The third-order valence-corrected chi connectivity index (χ3v) is 3.87. The molecule has 106 valence electrons. The molecule has 0 saturated carbocycles. The zero-order valence-electron chi connectivity index (χ0n) is 10.4. The second-order valence-electron chi connectivity index (χ2n) is 4.05. The number of nitrogens with zero attached hydrogens (tertiary/aromatic N) is 2. The van der Waals surface area contributed by atoms with E-state index < -0.39 is 11.9 Å². The number of fused-ring (bicyclic) bond motifs is 1. The van der Waals surface area contributed by atoms with Crippen molar-refractivity contribution in [1.29, 1.82) is 0 Å². The van der Waals surface area contributed by atoms with Crippen LogP contribution in [0.1, 0.15) is 6.42 Å². The largest absolute Gasteiger partial charge is 0.481 e. The molecule has 6 nitrogen and oxygen atoms in total. The van der Waals surface area contributed by atoms with Crippen LogP contribution in [0.15, 0.2) is 23.4 Å². The van der Waals surface area contributed by atoms with Crippen LogP contribution in [0.2, 0.25) is 5.02 Å². The van der Waals surface area contributed by atoms with Gasteiger partial charge in [0.15, 0.2) is 5.16 Å². The summed E-state index contributed by atoms with van der Waals surface area (Å²) in [5, 5.41) is 9.75. The van der Waals surface area contributed by atoms with Gasteiger partial charge in [-0.2, -0.15) is 0 Å². The minimum absolute atomic E-state index is 0.114. The van der Waals surface area contributed by atoms with Crippen LogP contribution in [0.25, 0.3) is 11.0 Å². The number of amides is 1. The highest BCUT2D eigenvalue weighted by Crippen LogP contribution is 2.28. The molecule has 0 radical (unpaired) electrons. The first-order valence-electron chi connectivity index (χ1n) is 5.76. The fourth-order valence-corrected chi connectivity index (χ4v) is 2.73. The molecule has 0 aliphatic rings. The minimum Gasteiger partial charge on any atom is -0.481 e. The van der Waals surface area contributed by atoms with E-state index in [0.717, 1.165) is 17.3 Å². The third kappa shape index (κ3) is 3.23. The number of aryl methyl sites for hydroxylation is 1. The molecule has 8 heteroatoms. The van der Waals surface area contributed by atoms with Gasteiger partial charge >= 0.3 is 5.97 Å². The number of hydrogen-bond acceptors (Lipinski definition) is 4. The van der Waals surface area contributed by atoms with E-state index in [-0.39, 0.29) is 12.2 Å². The SMILES string of the molecule is NC(=O)CCn1c(SCC(=O)O)nc2c(Cl)cccc21. The zero-order valence-corrected chi connectivity index (χ0v) is 11.9. The van der Waals surface area contributed by atoms with Gasteiger partial charge < -0.3 is 15.4 Å². The van der Waals surface area contributed by atoms with Crippen molar-refractivity contribution in [3.63, 3.8) is 0 Å². The summed E-state index contributed by atoms with van der Waals surface area (Å²) in [6, 6.07) is 5.31. The lowest BCUT2D eigenvalue weighted by Crippen LogP contribution is -2.14. The van der Waals surface area contributed by atoms with Crippen LogP contribution in [0, 0.1) is 0 Å². The molecular formula is C12H12ClN3O3S. The van der Waals surface area contributed by atoms with E-state index in [9.17, 15) is 9.59 Å². The van der Waals surface area contributed by atoms with Crippen LogP contribution in [-0.2, 0) is 16.1 Å². The van der Waals surface area contributed by atoms with E-state index in [4.69, 9.17) is 22.4 Å². The summed E-state index contributed by atoms with van der Waals surface area (Å²) in [5.41, 5.74) is 6.50. The van der Waals surface area contributed by atoms with Crippen molar-refractivity contribution >= 4 is 46.3 Å². The number of imidazole rings is 1. The van der Waals surface area contributed by atoms with Gasteiger partial charge in [-0.3, -0.25) is 9.59 Å².